The number of carbonyl (C=O) groups excluding carboxylic acids is 2. The van der Waals surface area contributed by atoms with Gasteiger partial charge in [-0.05, 0) is 25.2 Å². The summed E-state index contributed by atoms with van der Waals surface area (Å²) in [6.07, 6.45) is -2.91. The summed E-state index contributed by atoms with van der Waals surface area (Å²) in [6.45, 7) is 7.68. The van der Waals surface area contributed by atoms with Gasteiger partial charge in [-0.15, -0.1) is 0 Å². The molecule has 0 fully saturated rings. The maximum atomic E-state index is 12.0. The maximum Gasteiger partial charge on any atom is 0.422 e. The van der Waals surface area contributed by atoms with Crippen molar-refractivity contribution in [3.05, 3.63) is 0 Å². The van der Waals surface area contributed by atoms with Gasteiger partial charge in [-0.1, -0.05) is 34.1 Å². The second kappa shape index (κ2) is 8.55. The van der Waals surface area contributed by atoms with E-state index in [0.29, 0.717) is 12.8 Å². The zero-order valence-electron chi connectivity index (χ0n) is 14.5. The molecule has 0 aliphatic rings. The summed E-state index contributed by atoms with van der Waals surface area (Å²) in [5.41, 5.74) is -1.15. The Morgan fingerprint density at radius 1 is 0.957 bits per heavy atom. The van der Waals surface area contributed by atoms with Gasteiger partial charge in [0, 0.05) is 6.42 Å². The summed E-state index contributed by atoms with van der Waals surface area (Å²) in [5.74, 6) is -1.49. The van der Waals surface area contributed by atoms with E-state index < -0.39 is 36.7 Å². The molecule has 1 unspecified atom stereocenters. The Balaban J connectivity index is 4.48. The van der Waals surface area contributed by atoms with Crippen LogP contribution < -0.4 is 0 Å². The number of hydrogen-bond acceptors (Lipinski definition) is 4. The highest BCUT2D eigenvalue weighted by atomic mass is 19.4. The van der Waals surface area contributed by atoms with Crippen LogP contribution in [0.5, 0.6) is 0 Å². The number of rotatable bonds is 9. The smallest absolute Gasteiger partial charge is 0.422 e. The molecule has 0 rings (SSSR count). The molecule has 136 valence electrons. The molecule has 23 heavy (non-hydrogen) atoms. The highest BCUT2D eigenvalue weighted by Gasteiger charge is 2.34. The van der Waals surface area contributed by atoms with Crippen LogP contribution in [0.1, 0.15) is 66.7 Å². The normalized spacial score (nSPS) is 15.0. The van der Waals surface area contributed by atoms with Gasteiger partial charge in [-0.3, -0.25) is 9.59 Å². The van der Waals surface area contributed by atoms with E-state index in [0.717, 1.165) is 6.42 Å². The lowest BCUT2D eigenvalue weighted by Crippen LogP contribution is -2.35. The summed E-state index contributed by atoms with van der Waals surface area (Å²) in [5, 5.41) is 0. The largest absolute Gasteiger partial charge is 0.459 e. The molecule has 0 aromatic carbocycles. The van der Waals surface area contributed by atoms with Crippen LogP contribution in [0.3, 0.4) is 0 Å². The first-order chi connectivity index (χ1) is 10.3. The lowest BCUT2D eigenvalue weighted by atomic mass is 9.85. The Hall–Kier alpha value is -1.27. The summed E-state index contributed by atoms with van der Waals surface area (Å²) in [7, 11) is 0. The summed E-state index contributed by atoms with van der Waals surface area (Å²) >= 11 is 0. The fraction of sp³-hybridized carbons (Fsp3) is 0.875. The first-order valence-corrected chi connectivity index (χ1v) is 7.77. The van der Waals surface area contributed by atoms with Crippen molar-refractivity contribution in [1.29, 1.82) is 0 Å². The molecule has 0 amide bonds. The highest BCUT2D eigenvalue weighted by Crippen LogP contribution is 2.28. The Morgan fingerprint density at radius 2 is 1.52 bits per heavy atom. The van der Waals surface area contributed by atoms with Crippen LogP contribution in [-0.4, -0.2) is 30.3 Å². The monoisotopic (exact) mass is 340 g/mol. The van der Waals surface area contributed by atoms with Gasteiger partial charge in [0.25, 0.3) is 0 Å². The molecule has 0 aliphatic heterocycles. The van der Waals surface area contributed by atoms with E-state index in [9.17, 15) is 22.8 Å². The van der Waals surface area contributed by atoms with E-state index in [1.165, 1.54) is 6.92 Å². The number of carbonyl (C=O) groups is 2. The first kappa shape index (κ1) is 21.7. The summed E-state index contributed by atoms with van der Waals surface area (Å²) < 4.78 is 45.5. The Kier molecular flexibility index (Phi) is 8.07. The van der Waals surface area contributed by atoms with Crippen LogP contribution in [0.4, 0.5) is 13.2 Å². The van der Waals surface area contributed by atoms with Crippen molar-refractivity contribution in [1.82, 2.24) is 0 Å². The molecule has 4 nitrogen and oxygen atoms in total. The van der Waals surface area contributed by atoms with Crippen LogP contribution >= 0.6 is 0 Å². The number of alkyl halides is 3. The molecule has 1 atom stereocenters. The van der Waals surface area contributed by atoms with Gasteiger partial charge in [-0.2, -0.15) is 13.2 Å². The van der Waals surface area contributed by atoms with Crippen molar-refractivity contribution in [3.8, 4) is 0 Å². The van der Waals surface area contributed by atoms with Gasteiger partial charge in [0.2, 0.25) is 0 Å². The van der Waals surface area contributed by atoms with Gasteiger partial charge in [-0.25, -0.2) is 0 Å². The minimum Gasteiger partial charge on any atom is -0.459 e. The minimum absolute atomic E-state index is 0.00722. The zero-order chi connectivity index (χ0) is 18.3. The van der Waals surface area contributed by atoms with Crippen molar-refractivity contribution in [2.45, 2.75) is 78.5 Å². The SMILES string of the molecule is CCC(C)(C)CCC(=O)OC(C)(CC)CC(=O)OCC(F)(F)F. The number of halogens is 3. The van der Waals surface area contributed by atoms with E-state index in [1.54, 1.807) is 6.92 Å². The predicted octanol–water partition coefficient (Wildman–Crippen LogP) is 4.41. The van der Waals surface area contributed by atoms with Gasteiger partial charge < -0.3 is 9.47 Å². The van der Waals surface area contributed by atoms with Gasteiger partial charge in [0.15, 0.2) is 6.61 Å². The zero-order valence-corrected chi connectivity index (χ0v) is 14.5. The first-order valence-electron chi connectivity index (χ1n) is 7.77. The standard InChI is InChI=1S/C16H27F3O4/c1-6-14(3,4)9-8-12(20)23-15(5,7-2)10-13(21)22-11-16(17,18)19/h6-11H2,1-5H3. The van der Waals surface area contributed by atoms with Crippen molar-refractivity contribution in [2.75, 3.05) is 6.61 Å². The van der Waals surface area contributed by atoms with E-state index in [2.05, 4.69) is 4.74 Å². The summed E-state index contributed by atoms with van der Waals surface area (Å²) in [4.78, 5) is 23.4. The molecule has 0 heterocycles. The van der Waals surface area contributed by atoms with Crippen LogP contribution in [0, 0.1) is 5.41 Å². The molecule has 0 aliphatic carbocycles. The molecule has 0 N–H and O–H groups in total. The van der Waals surface area contributed by atoms with Crippen LogP contribution in [0.25, 0.3) is 0 Å². The average molecular weight is 340 g/mol. The van der Waals surface area contributed by atoms with E-state index >= 15 is 0 Å². The molecule has 0 saturated carbocycles. The maximum absolute atomic E-state index is 12.0. The third kappa shape index (κ3) is 10.2. The fourth-order valence-corrected chi connectivity index (χ4v) is 1.70. The molecule has 0 saturated heterocycles. The Morgan fingerprint density at radius 3 is 1.96 bits per heavy atom. The Labute approximate surface area is 135 Å². The molecule has 0 aromatic rings. The number of ether oxygens (including phenoxy) is 2. The molecule has 0 spiro atoms. The van der Waals surface area contributed by atoms with Crippen molar-refractivity contribution in [2.24, 2.45) is 5.41 Å². The van der Waals surface area contributed by atoms with Crippen molar-refractivity contribution in [3.63, 3.8) is 0 Å². The highest BCUT2D eigenvalue weighted by molar-refractivity contribution is 5.73. The topological polar surface area (TPSA) is 52.6 Å². The second-order valence-corrected chi connectivity index (χ2v) is 6.75. The lowest BCUT2D eigenvalue weighted by Gasteiger charge is -2.28. The lowest BCUT2D eigenvalue weighted by molar-refractivity contribution is -0.191. The van der Waals surface area contributed by atoms with Gasteiger partial charge in [0.1, 0.15) is 5.60 Å². The quantitative estimate of drug-likeness (QED) is 0.583. The van der Waals surface area contributed by atoms with Gasteiger partial charge >= 0.3 is 18.1 Å². The molecule has 0 aromatic heterocycles. The molecular weight excluding hydrogens is 313 g/mol. The average Bonchev–Trinajstić information content (AvgIpc) is 2.42. The third-order valence-electron chi connectivity index (χ3n) is 3.99. The number of hydrogen-bond donors (Lipinski definition) is 0. The molecular formula is C16H27F3O4. The van der Waals surface area contributed by atoms with E-state index in [1.807, 2.05) is 20.8 Å². The van der Waals surface area contributed by atoms with Crippen molar-refractivity contribution >= 4 is 11.9 Å². The number of esters is 2. The minimum atomic E-state index is -4.57. The van der Waals surface area contributed by atoms with Crippen LogP contribution in [-0.2, 0) is 19.1 Å². The molecule has 0 bridgehead atoms. The van der Waals surface area contributed by atoms with E-state index in [4.69, 9.17) is 4.74 Å². The molecule has 7 heteroatoms. The Bertz CT molecular complexity index is 405. The predicted molar refractivity (Wildman–Crippen MR) is 79.7 cm³/mol. The second-order valence-electron chi connectivity index (χ2n) is 6.75. The van der Waals surface area contributed by atoms with E-state index in [-0.39, 0.29) is 11.8 Å². The van der Waals surface area contributed by atoms with Crippen LogP contribution in [0.2, 0.25) is 0 Å². The summed E-state index contributed by atoms with van der Waals surface area (Å²) in [6, 6.07) is 0. The third-order valence-corrected chi connectivity index (χ3v) is 3.99. The van der Waals surface area contributed by atoms with Gasteiger partial charge in [0.05, 0.1) is 6.42 Å². The fourth-order valence-electron chi connectivity index (χ4n) is 1.70. The van der Waals surface area contributed by atoms with Crippen LogP contribution in [0.15, 0.2) is 0 Å². The molecule has 0 radical (unpaired) electrons. The van der Waals surface area contributed by atoms with Crippen molar-refractivity contribution < 1.29 is 32.2 Å².